The molecule has 0 fully saturated rings. The van der Waals surface area contributed by atoms with Gasteiger partial charge in [-0.05, 0) is 29.8 Å². The van der Waals surface area contributed by atoms with Crippen LogP contribution >= 0.6 is 0 Å². The van der Waals surface area contributed by atoms with Gasteiger partial charge in [-0.3, -0.25) is 9.59 Å². The molecule has 0 saturated heterocycles. The molecule has 0 aliphatic rings. The summed E-state index contributed by atoms with van der Waals surface area (Å²) >= 11 is 0. The van der Waals surface area contributed by atoms with Crippen molar-refractivity contribution in [1.82, 2.24) is 0 Å². The first-order valence-electron chi connectivity index (χ1n) is 8.28. The fraction of sp³-hybridized carbons (Fsp3) is 0.0435. The summed E-state index contributed by atoms with van der Waals surface area (Å²) in [5.74, 6) is 0.386. The van der Waals surface area contributed by atoms with Crippen LogP contribution in [0, 0.1) is 0 Å². The zero-order valence-corrected chi connectivity index (χ0v) is 14.9. The predicted octanol–water partition coefficient (Wildman–Crippen LogP) is 4.80. The molecule has 0 unspecified atom stereocenters. The van der Waals surface area contributed by atoms with Gasteiger partial charge >= 0.3 is 0 Å². The third-order valence-corrected chi connectivity index (χ3v) is 3.62. The van der Waals surface area contributed by atoms with Gasteiger partial charge in [0.05, 0.1) is 7.11 Å². The Morgan fingerprint density at radius 1 is 0.889 bits per heavy atom. The Balaban J connectivity index is 0.000000208. The molecule has 27 heavy (non-hydrogen) atoms. The maximum absolute atomic E-state index is 11.7. The average molecular weight is 360 g/mol. The van der Waals surface area contributed by atoms with Crippen molar-refractivity contribution in [3.05, 3.63) is 102 Å². The van der Waals surface area contributed by atoms with Gasteiger partial charge in [0.2, 0.25) is 0 Å². The quantitative estimate of drug-likeness (QED) is 0.403. The molecule has 0 aromatic heterocycles. The summed E-state index contributed by atoms with van der Waals surface area (Å²) in [6.45, 7) is 0. The summed E-state index contributed by atoms with van der Waals surface area (Å²) < 4.78 is 4.78. The first-order chi connectivity index (χ1) is 13.1. The number of ether oxygens (including phenoxy) is 1. The number of hydrogen-bond acceptors (Lipinski definition) is 4. The lowest BCUT2D eigenvalue weighted by molar-refractivity contribution is 0.104. The summed E-state index contributed by atoms with van der Waals surface area (Å²) in [5.41, 5.74) is 2.18. The van der Waals surface area contributed by atoms with Gasteiger partial charge in [-0.1, -0.05) is 66.7 Å². The Labute approximate surface area is 158 Å². The van der Waals surface area contributed by atoms with Gasteiger partial charge in [-0.25, -0.2) is 0 Å². The van der Waals surface area contributed by atoms with Crippen LogP contribution in [0.25, 0.3) is 6.08 Å². The van der Waals surface area contributed by atoms with E-state index in [2.05, 4.69) is 0 Å². The number of carbonyl (C=O) groups is 2. The molecular weight excluding hydrogens is 340 g/mol. The molecule has 0 aliphatic carbocycles. The van der Waals surface area contributed by atoms with Crippen LogP contribution in [0.4, 0.5) is 0 Å². The SMILES string of the molecule is COc1ccc(C=O)cc1O.O=C(/C=C/c1ccccc1)c1ccccc1. The van der Waals surface area contributed by atoms with Crippen molar-refractivity contribution in [3.63, 3.8) is 0 Å². The Morgan fingerprint density at radius 2 is 1.52 bits per heavy atom. The summed E-state index contributed by atoms with van der Waals surface area (Å²) in [6.07, 6.45) is 4.10. The predicted molar refractivity (Wildman–Crippen MR) is 106 cm³/mol. The van der Waals surface area contributed by atoms with Crippen molar-refractivity contribution in [3.8, 4) is 11.5 Å². The van der Waals surface area contributed by atoms with Crippen LogP contribution in [0.3, 0.4) is 0 Å². The molecule has 0 aliphatic heterocycles. The smallest absolute Gasteiger partial charge is 0.185 e. The Kier molecular flexibility index (Phi) is 7.54. The summed E-state index contributed by atoms with van der Waals surface area (Å²) in [6, 6.07) is 23.5. The third kappa shape index (κ3) is 6.29. The van der Waals surface area contributed by atoms with Crippen molar-refractivity contribution in [2.24, 2.45) is 0 Å². The number of allylic oxidation sites excluding steroid dienone is 1. The number of carbonyl (C=O) groups excluding carboxylic acids is 2. The molecule has 0 bridgehead atoms. The zero-order valence-electron chi connectivity index (χ0n) is 14.9. The number of phenols is 1. The summed E-state index contributed by atoms with van der Waals surface area (Å²) in [7, 11) is 1.45. The Morgan fingerprint density at radius 3 is 2.07 bits per heavy atom. The zero-order chi connectivity index (χ0) is 19.5. The molecule has 0 spiro atoms. The minimum Gasteiger partial charge on any atom is -0.504 e. The number of phenolic OH excluding ortho intramolecular Hbond substituents is 1. The lowest BCUT2D eigenvalue weighted by Gasteiger charge is -2.01. The van der Waals surface area contributed by atoms with Gasteiger partial charge in [0.25, 0.3) is 0 Å². The molecule has 0 amide bonds. The summed E-state index contributed by atoms with van der Waals surface area (Å²) in [4.78, 5) is 21.9. The molecule has 1 N–H and O–H groups in total. The molecule has 0 heterocycles. The lowest BCUT2D eigenvalue weighted by atomic mass is 10.1. The third-order valence-electron chi connectivity index (χ3n) is 3.62. The second-order valence-corrected chi connectivity index (χ2v) is 5.52. The van der Waals surface area contributed by atoms with Crippen molar-refractivity contribution < 1.29 is 19.4 Å². The number of ketones is 1. The fourth-order valence-electron chi connectivity index (χ4n) is 2.22. The molecule has 4 heteroatoms. The van der Waals surface area contributed by atoms with Crippen LogP contribution in [0.1, 0.15) is 26.3 Å². The van der Waals surface area contributed by atoms with E-state index < -0.39 is 0 Å². The molecule has 3 rings (SSSR count). The molecule has 0 saturated carbocycles. The highest BCUT2D eigenvalue weighted by molar-refractivity contribution is 6.06. The maximum Gasteiger partial charge on any atom is 0.185 e. The molecular formula is C23H20O4. The molecule has 136 valence electrons. The van der Waals surface area contributed by atoms with Gasteiger partial charge in [0.1, 0.15) is 6.29 Å². The second-order valence-electron chi connectivity index (χ2n) is 5.52. The van der Waals surface area contributed by atoms with Gasteiger partial charge in [0.15, 0.2) is 17.3 Å². The van der Waals surface area contributed by atoms with Crippen molar-refractivity contribution in [2.45, 2.75) is 0 Å². The number of methoxy groups -OCH3 is 1. The number of aromatic hydroxyl groups is 1. The van der Waals surface area contributed by atoms with E-state index in [-0.39, 0.29) is 11.5 Å². The van der Waals surface area contributed by atoms with Gasteiger partial charge in [-0.15, -0.1) is 0 Å². The topological polar surface area (TPSA) is 63.6 Å². The van der Waals surface area contributed by atoms with E-state index >= 15 is 0 Å². The molecule has 0 radical (unpaired) electrons. The lowest BCUT2D eigenvalue weighted by Crippen LogP contribution is -1.92. The molecule has 4 nitrogen and oxygen atoms in total. The van der Waals surface area contributed by atoms with Crippen LogP contribution in [-0.4, -0.2) is 24.3 Å². The van der Waals surface area contributed by atoms with E-state index in [9.17, 15) is 9.59 Å². The summed E-state index contributed by atoms with van der Waals surface area (Å²) in [5, 5.41) is 9.14. The Bertz CT molecular complexity index is 900. The highest BCUT2D eigenvalue weighted by Crippen LogP contribution is 2.25. The highest BCUT2D eigenvalue weighted by atomic mass is 16.5. The van der Waals surface area contributed by atoms with E-state index in [1.165, 1.54) is 13.2 Å². The minimum absolute atomic E-state index is 0.0166. The largest absolute Gasteiger partial charge is 0.504 e. The fourth-order valence-corrected chi connectivity index (χ4v) is 2.22. The van der Waals surface area contributed by atoms with Gasteiger partial charge in [0, 0.05) is 11.1 Å². The molecule has 3 aromatic carbocycles. The van der Waals surface area contributed by atoms with Crippen LogP contribution < -0.4 is 4.74 Å². The van der Waals surface area contributed by atoms with Crippen LogP contribution in [-0.2, 0) is 0 Å². The average Bonchev–Trinajstić information content (AvgIpc) is 2.73. The van der Waals surface area contributed by atoms with Crippen molar-refractivity contribution in [1.29, 1.82) is 0 Å². The van der Waals surface area contributed by atoms with Crippen molar-refractivity contribution >= 4 is 18.1 Å². The maximum atomic E-state index is 11.7. The second kappa shape index (κ2) is 10.4. The van der Waals surface area contributed by atoms with E-state index in [0.717, 1.165) is 11.1 Å². The number of hydrogen-bond donors (Lipinski definition) is 1. The highest BCUT2D eigenvalue weighted by Gasteiger charge is 2.00. The normalized spacial score (nSPS) is 9.96. The van der Waals surface area contributed by atoms with E-state index in [0.29, 0.717) is 17.6 Å². The van der Waals surface area contributed by atoms with E-state index in [4.69, 9.17) is 9.84 Å². The molecule has 3 aromatic rings. The van der Waals surface area contributed by atoms with Gasteiger partial charge < -0.3 is 9.84 Å². The van der Waals surface area contributed by atoms with Crippen LogP contribution in [0.2, 0.25) is 0 Å². The van der Waals surface area contributed by atoms with Crippen LogP contribution in [0.15, 0.2) is 84.9 Å². The monoisotopic (exact) mass is 360 g/mol. The van der Waals surface area contributed by atoms with E-state index in [1.54, 1.807) is 18.2 Å². The first-order valence-corrected chi connectivity index (χ1v) is 8.28. The standard InChI is InChI=1S/C15H12O.C8H8O3/c16-15(14-9-5-2-6-10-14)12-11-13-7-3-1-4-8-13;1-11-8-3-2-6(5-9)4-7(8)10/h1-12H;2-5,10H,1H3/b12-11+;. The minimum atomic E-state index is -0.0166. The molecule has 0 atom stereocenters. The van der Waals surface area contributed by atoms with E-state index in [1.807, 2.05) is 66.7 Å². The number of benzene rings is 3. The van der Waals surface area contributed by atoms with Gasteiger partial charge in [-0.2, -0.15) is 0 Å². The van der Waals surface area contributed by atoms with Crippen LogP contribution in [0.5, 0.6) is 11.5 Å². The van der Waals surface area contributed by atoms with Crippen molar-refractivity contribution in [2.75, 3.05) is 7.11 Å². The number of aldehydes is 1. The number of rotatable bonds is 5. The first kappa shape index (κ1) is 19.7. The Hall–Kier alpha value is -3.66.